The molecule has 0 atom stereocenters. The summed E-state index contributed by atoms with van der Waals surface area (Å²) in [7, 11) is 0. The first-order chi connectivity index (χ1) is 13.2. The highest BCUT2D eigenvalue weighted by atomic mass is 79.9. The van der Waals surface area contributed by atoms with Crippen LogP contribution in [0.25, 0.3) is 6.08 Å². The van der Waals surface area contributed by atoms with E-state index in [9.17, 15) is 23.2 Å². The highest BCUT2D eigenvalue weighted by molar-refractivity contribution is 9.11. The van der Waals surface area contributed by atoms with E-state index in [2.05, 4.69) is 37.2 Å². The number of halogens is 5. The van der Waals surface area contributed by atoms with E-state index in [-0.39, 0.29) is 11.3 Å². The zero-order valence-electron chi connectivity index (χ0n) is 14.4. The maximum atomic E-state index is 12.8. The number of nitrogens with zero attached hydrogens (tertiary/aromatic N) is 1. The largest absolute Gasteiger partial charge is 0.492 e. The number of nitriles is 1. The van der Waals surface area contributed by atoms with Crippen LogP contribution in [0.5, 0.6) is 5.75 Å². The number of amides is 1. The average Bonchev–Trinajstić information content (AvgIpc) is 2.61. The topological polar surface area (TPSA) is 62.1 Å². The van der Waals surface area contributed by atoms with Crippen molar-refractivity contribution in [1.82, 2.24) is 0 Å². The molecule has 0 unspecified atom stereocenters. The molecule has 0 aliphatic heterocycles. The van der Waals surface area contributed by atoms with Crippen molar-refractivity contribution in [2.45, 2.75) is 13.1 Å². The number of hydrogen-bond acceptors (Lipinski definition) is 3. The molecule has 0 aliphatic carbocycles. The monoisotopic (exact) mass is 516 g/mol. The molecule has 0 saturated heterocycles. The average molecular weight is 518 g/mol. The summed E-state index contributed by atoms with van der Waals surface area (Å²) >= 11 is 6.68. The van der Waals surface area contributed by atoms with E-state index in [4.69, 9.17) is 4.74 Å². The first kappa shape index (κ1) is 22.0. The summed E-state index contributed by atoms with van der Waals surface area (Å²) < 4.78 is 45.3. The molecule has 1 amide bonds. The zero-order valence-corrected chi connectivity index (χ0v) is 17.6. The molecule has 0 aromatic heterocycles. The van der Waals surface area contributed by atoms with Crippen LogP contribution in [0.1, 0.15) is 18.1 Å². The number of anilines is 1. The molecule has 4 nitrogen and oxygen atoms in total. The van der Waals surface area contributed by atoms with Gasteiger partial charge in [0.25, 0.3) is 5.91 Å². The van der Waals surface area contributed by atoms with Crippen LogP contribution in [0.2, 0.25) is 0 Å². The fraction of sp³-hybridized carbons (Fsp3) is 0.158. The standard InChI is InChI=1S/C19H13Br2F3N2O2/c1-2-28-17-11(7-14(20)9-16(17)21)6-12(10-25)18(27)26-15-5-3-4-13(8-15)19(22,23)24/h3-9H,2H2,1H3,(H,26,27)/b12-6+. The summed E-state index contributed by atoms with van der Waals surface area (Å²) in [5.74, 6) is -0.398. The highest BCUT2D eigenvalue weighted by Gasteiger charge is 2.30. The summed E-state index contributed by atoms with van der Waals surface area (Å²) in [4.78, 5) is 12.4. The molecule has 0 heterocycles. The van der Waals surface area contributed by atoms with Crippen molar-refractivity contribution in [3.8, 4) is 11.8 Å². The Balaban J connectivity index is 2.36. The van der Waals surface area contributed by atoms with Gasteiger partial charge in [-0.15, -0.1) is 0 Å². The van der Waals surface area contributed by atoms with Crippen molar-refractivity contribution in [2.75, 3.05) is 11.9 Å². The van der Waals surface area contributed by atoms with Crippen LogP contribution in [-0.4, -0.2) is 12.5 Å². The van der Waals surface area contributed by atoms with Crippen molar-refractivity contribution >= 4 is 49.5 Å². The Morgan fingerprint density at radius 3 is 2.61 bits per heavy atom. The van der Waals surface area contributed by atoms with Crippen LogP contribution in [0.3, 0.4) is 0 Å². The van der Waals surface area contributed by atoms with Crippen molar-refractivity contribution in [3.05, 3.63) is 62.0 Å². The minimum Gasteiger partial charge on any atom is -0.492 e. The van der Waals surface area contributed by atoms with Gasteiger partial charge in [-0.2, -0.15) is 18.4 Å². The van der Waals surface area contributed by atoms with Gasteiger partial charge in [0.05, 0.1) is 16.6 Å². The molecule has 146 valence electrons. The smallest absolute Gasteiger partial charge is 0.416 e. The van der Waals surface area contributed by atoms with Crippen LogP contribution < -0.4 is 10.1 Å². The summed E-state index contributed by atoms with van der Waals surface area (Å²) in [6, 6.07) is 9.34. The summed E-state index contributed by atoms with van der Waals surface area (Å²) in [6.07, 6.45) is -3.23. The number of carbonyl (C=O) groups excluding carboxylic acids is 1. The Morgan fingerprint density at radius 1 is 1.29 bits per heavy atom. The molecule has 2 aromatic rings. The quantitative estimate of drug-likeness (QED) is 0.381. The maximum Gasteiger partial charge on any atom is 0.416 e. The minimum atomic E-state index is -4.54. The third-order valence-electron chi connectivity index (χ3n) is 3.44. The fourth-order valence-corrected chi connectivity index (χ4v) is 3.63. The van der Waals surface area contributed by atoms with E-state index in [0.717, 1.165) is 12.1 Å². The Labute approximate surface area is 176 Å². The number of ether oxygens (including phenoxy) is 1. The second-order valence-corrected chi connectivity index (χ2v) is 7.21. The summed E-state index contributed by atoms with van der Waals surface area (Å²) in [5, 5.41) is 11.7. The molecule has 0 saturated carbocycles. The SMILES string of the molecule is CCOc1c(Br)cc(Br)cc1/C=C(\C#N)C(=O)Nc1cccc(C(F)(F)F)c1. The van der Waals surface area contributed by atoms with Crippen LogP contribution >= 0.6 is 31.9 Å². The molecule has 0 aliphatic rings. The minimum absolute atomic E-state index is 0.0681. The predicted octanol–water partition coefficient (Wildman–Crippen LogP) is 6.17. The number of hydrogen-bond donors (Lipinski definition) is 1. The van der Waals surface area contributed by atoms with E-state index < -0.39 is 17.6 Å². The number of rotatable bonds is 5. The van der Waals surface area contributed by atoms with Gasteiger partial charge in [-0.05, 0) is 59.3 Å². The number of benzene rings is 2. The lowest BCUT2D eigenvalue weighted by atomic mass is 10.1. The normalized spacial score (nSPS) is 11.7. The van der Waals surface area contributed by atoms with Gasteiger partial charge in [0, 0.05) is 15.7 Å². The molecule has 0 bridgehead atoms. The Bertz CT molecular complexity index is 967. The predicted molar refractivity (Wildman–Crippen MR) is 107 cm³/mol. The molecule has 0 spiro atoms. The lowest BCUT2D eigenvalue weighted by Gasteiger charge is -2.12. The third-order valence-corrected chi connectivity index (χ3v) is 4.49. The lowest BCUT2D eigenvalue weighted by Crippen LogP contribution is -2.14. The summed E-state index contributed by atoms with van der Waals surface area (Å²) in [6.45, 7) is 2.15. The fourth-order valence-electron chi connectivity index (χ4n) is 2.26. The zero-order chi connectivity index (χ0) is 20.9. The first-order valence-corrected chi connectivity index (χ1v) is 9.46. The first-order valence-electron chi connectivity index (χ1n) is 7.88. The molecule has 0 radical (unpaired) electrons. The van der Waals surface area contributed by atoms with Gasteiger partial charge in [0.2, 0.25) is 0 Å². The molecular weight excluding hydrogens is 505 g/mol. The molecule has 2 aromatic carbocycles. The Kier molecular flexibility index (Phi) is 7.27. The van der Waals surface area contributed by atoms with Gasteiger partial charge >= 0.3 is 6.18 Å². The van der Waals surface area contributed by atoms with Crippen LogP contribution in [-0.2, 0) is 11.0 Å². The number of alkyl halides is 3. The van der Waals surface area contributed by atoms with Crippen LogP contribution in [0.4, 0.5) is 18.9 Å². The molecule has 1 N–H and O–H groups in total. The highest BCUT2D eigenvalue weighted by Crippen LogP contribution is 2.35. The van der Waals surface area contributed by atoms with Gasteiger partial charge in [-0.25, -0.2) is 0 Å². The van der Waals surface area contributed by atoms with E-state index in [1.54, 1.807) is 25.1 Å². The van der Waals surface area contributed by atoms with Crippen LogP contribution in [0.15, 0.2) is 50.9 Å². The molecular formula is C19H13Br2F3N2O2. The van der Waals surface area contributed by atoms with Gasteiger partial charge in [0.1, 0.15) is 17.4 Å². The maximum absolute atomic E-state index is 12.8. The number of carbonyl (C=O) groups is 1. The molecule has 9 heteroatoms. The van der Waals surface area contributed by atoms with Gasteiger partial charge < -0.3 is 10.1 Å². The molecule has 2 rings (SSSR count). The van der Waals surface area contributed by atoms with Crippen molar-refractivity contribution < 1.29 is 22.7 Å². The Morgan fingerprint density at radius 2 is 2.00 bits per heavy atom. The van der Waals surface area contributed by atoms with Gasteiger partial charge in [-0.1, -0.05) is 22.0 Å². The lowest BCUT2D eigenvalue weighted by molar-refractivity contribution is -0.137. The molecule has 28 heavy (non-hydrogen) atoms. The van der Waals surface area contributed by atoms with Crippen molar-refractivity contribution in [1.29, 1.82) is 5.26 Å². The number of nitrogens with one attached hydrogen (secondary N) is 1. The van der Waals surface area contributed by atoms with E-state index in [0.29, 0.717) is 26.9 Å². The van der Waals surface area contributed by atoms with Gasteiger partial charge in [0.15, 0.2) is 0 Å². The van der Waals surface area contributed by atoms with E-state index >= 15 is 0 Å². The second kappa shape index (κ2) is 9.26. The summed E-state index contributed by atoms with van der Waals surface area (Å²) in [5.41, 5.74) is -0.800. The molecule has 0 fully saturated rings. The van der Waals surface area contributed by atoms with Crippen LogP contribution in [0, 0.1) is 11.3 Å². The van der Waals surface area contributed by atoms with Crippen molar-refractivity contribution in [3.63, 3.8) is 0 Å². The third kappa shape index (κ3) is 5.59. The van der Waals surface area contributed by atoms with E-state index in [1.165, 1.54) is 18.2 Å². The second-order valence-electron chi connectivity index (χ2n) is 5.44. The van der Waals surface area contributed by atoms with Crippen molar-refractivity contribution in [2.24, 2.45) is 0 Å². The van der Waals surface area contributed by atoms with E-state index in [1.807, 2.05) is 0 Å². The van der Waals surface area contributed by atoms with Gasteiger partial charge in [-0.3, -0.25) is 4.79 Å². The Hall–Kier alpha value is -2.31.